The number of hydrogen-bond acceptors (Lipinski definition) is 5. The molecule has 0 bridgehead atoms. The molecule has 6 nitrogen and oxygen atoms in total. The van der Waals surface area contributed by atoms with Gasteiger partial charge in [-0.1, -0.05) is 24.3 Å². The maximum atomic E-state index is 12.2. The SMILES string of the molecule is COc1ccccc1NC(=O)[C@H](C)OC(=O)COc1cccc(C)c1. The Morgan fingerprint density at radius 3 is 2.60 bits per heavy atom. The van der Waals surface area contributed by atoms with Crippen molar-refractivity contribution in [3.8, 4) is 11.5 Å². The van der Waals surface area contributed by atoms with E-state index in [9.17, 15) is 9.59 Å². The Bertz CT molecular complexity index is 744. The van der Waals surface area contributed by atoms with Gasteiger partial charge in [0.15, 0.2) is 12.7 Å². The molecule has 0 saturated heterocycles. The van der Waals surface area contributed by atoms with Crippen LogP contribution >= 0.6 is 0 Å². The molecule has 25 heavy (non-hydrogen) atoms. The van der Waals surface area contributed by atoms with Gasteiger partial charge in [-0.05, 0) is 43.7 Å². The molecule has 1 N–H and O–H groups in total. The number of esters is 1. The average molecular weight is 343 g/mol. The molecule has 1 atom stereocenters. The second kappa shape index (κ2) is 8.73. The van der Waals surface area contributed by atoms with E-state index in [2.05, 4.69) is 5.32 Å². The molecule has 2 aromatic carbocycles. The summed E-state index contributed by atoms with van der Waals surface area (Å²) in [5, 5.41) is 2.67. The summed E-state index contributed by atoms with van der Waals surface area (Å²) in [7, 11) is 1.51. The van der Waals surface area contributed by atoms with E-state index >= 15 is 0 Å². The van der Waals surface area contributed by atoms with Crippen LogP contribution in [0.15, 0.2) is 48.5 Å². The minimum atomic E-state index is -0.960. The first-order valence-electron chi connectivity index (χ1n) is 7.82. The molecule has 0 aliphatic heterocycles. The first kappa shape index (κ1) is 18.3. The van der Waals surface area contributed by atoms with Crippen LogP contribution in [0.2, 0.25) is 0 Å². The zero-order valence-electron chi connectivity index (χ0n) is 14.4. The van der Waals surface area contributed by atoms with Crippen LogP contribution in [0.3, 0.4) is 0 Å². The van der Waals surface area contributed by atoms with Gasteiger partial charge in [0.1, 0.15) is 11.5 Å². The normalized spacial score (nSPS) is 11.3. The molecular weight excluding hydrogens is 322 g/mol. The number of carbonyl (C=O) groups excluding carboxylic acids is 2. The van der Waals surface area contributed by atoms with Crippen LogP contribution in [0, 0.1) is 6.92 Å². The Morgan fingerprint density at radius 2 is 1.88 bits per heavy atom. The van der Waals surface area contributed by atoms with Gasteiger partial charge in [-0.3, -0.25) is 4.79 Å². The zero-order valence-corrected chi connectivity index (χ0v) is 14.4. The summed E-state index contributed by atoms with van der Waals surface area (Å²) in [6, 6.07) is 14.3. The van der Waals surface area contributed by atoms with Crippen LogP contribution in [0.25, 0.3) is 0 Å². The van der Waals surface area contributed by atoms with E-state index in [0.717, 1.165) is 5.56 Å². The Hall–Kier alpha value is -3.02. The molecule has 0 spiro atoms. The third-order valence-electron chi connectivity index (χ3n) is 3.39. The van der Waals surface area contributed by atoms with Crippen LogP contribution in [-0.2, 0) is 14.3 Å². The van der Waals surface area contributed by atoms with E-state index in [1.165, 1.54) is 14.0 Å². The molecule has 2 aromatic rings. The third kappa shape index (κ3) is 5.53. The molecule has 0 aliphatic rings. The van der Waals surface area contributed by atoms with Crippen LogP contribution in [0.1, 0.15) is 12.5 Å². The maximum Gasteiger partial charge on any atom is 0.344 e. The van der Waals surface area contributed by atoms with Crippen LogP contribution < -0.4 is 14.8 Å². The summed E-state index contributed by atoms with van der Waals surface area (Å²) in [4.78, 5) is 24.0. The van der Waals surface area contributed by atoms with Gasteiger partial charge in [-0.2, -0.15) is 0 Å². The molecule has 0 aromatic heterocycles. The third-order valence-corrected chi connectivity index (χ3v) is 3.39. The van der Waals surface area contributed by atoms with Crippen molar-refractivity contribution in [1.82, 2.24) is 0 Å². The quantitative estimate of drug-likeness (QED) is 0.783. The standard InChI is InChI=1S/C19H21NO5/c1-13-7-6-8-15(11-13)24-12-18(21)25-14(2)19(22)20-16-9-4-5-10-17(16)23-3/h4-11,14H,12H2,1-3H3,(H,20,22)/t14-/m0/s1. The fourth-order valence-corrected chi connectivity index (χ4v) is 2.11. The Morgan fingerprint density at radius 1 is 1.12 bits per heavy atom. The Kier molecular flexibility index (Phi) is 6.39. The summed E-state index contributed by atoms with van der Waals surface area (Å²) >= 11 is 0. The number of methoxy groups -OCH3 is 1. The molecule has 1 amide bonds. The van der Waals surface area contributed by atoms with Crippen LogP contribution in [0.5, 0.6) is 11.5 Å². The lowest BCUT2D eigenvalue weighted by atomic mass is 10.2. The van der Waals surface area contributed by atoms with E-state index in [1.807, 2.05) is 25.1 Å². The van der Waals surface area contributed by atoms with Crippen molar-refractivity contribution in [3.05, 3.63) is 54.1 Å². The van der Waals surface area contributed by atoms with E-state index in [1.54, 1.807) is 30.3 Å². The lowest BCUT2D eigenvalue weighted by molar-refractivity contribution is -0.155. The Balaban J connectivity index is 1.84. The van der Waals surface area contributed by atoms with Crippen molar-refractivity contribution in [2.75, 3.05) is 19.0 Å². The molecule has 0 fully saturated rings. The summed E-state index contributed by atoms with van der Waals surface area (Å²) in [5.41, 5.74) is 1.53. The highest BCUT2D eigenvalue weighted by molar-refractivity contribution is 5.96. The largest absolute Gasteiger partial charge is 0.495 e. The molecule has 0 heterocycles. The minimum absolute atomic E-state index is 0.268. The number of amides is 1. The number of rotatable bonds is 7. The second-order valence-electron chi connectivity index (χ2n) is 5.43. The van der Waals surface area contributed by atoms with E-state index < -0.39 is 18.0 Å². The van der Waals surface area contributed by atoms with Gasteiger partial charge in [-0.15, -0.1) is 0 Å². The molecule has 6 heteroatoms. The van der Waals surface area contributed by atoms with Crippen molar-refractivity contribution < 1.29 is 23.8 Å². The van der Waals surface area contributed by atoms with Crippen molar-refractivity contribution in [1.29, 1.82) is 0 Å². The fourth-order valence-electron chi connectivity index (χ4n) is 2.11. The van der Waals surface area contributed by atoms with Gasteiger partial charge in [0, 0.05) is 0 Å². The summed E-state index contributed by atoms with van der Waals surface area (Å²) in [5.74, 6) is 0.0258. The number of aryl methyl sites for hydroxylation is 1. The van der Waals surface area contributed by atoms with Gasteiger partial charge in [-0.25, -0.2) is 4.79 Å². The highest BCUT2D eigenvalue weighted by Crippen LogP contribution is 2.23. The monoisotopic (exact) mass is 343 g/mol. The number of benzene rings is 2. The molecule has 0 aliphatic carbocycles. The number of para-hydroxylation sites is 2. The topological polar surface area (TPSA) is 73.9 Å². The predicted octanol–water partition coefficient (Wildman–Crippen LogP) is 2.95. The molecule has 0 saturated carbocycles. The summed E-state index contributed by atoms with van der Waals surface area (Å²) in [6.45, 7) is 3.15. The summed E-state index contributed by atoms with van der Waals surface area (Å²) in [6.07, 6.45) is -0.960. The maximum absolute atomic E-state index is 12.2. The Labute approximate surface area is 146 Å². The van der Waals surface area contributed by atoms with Crippen molar-refractivity contribution >= 4 is 17.6 Å². The minimum Gasteiger partial charge on any atom is -0.495 e. The number of anilines is 1. The van der Waals surface area contributed by atoms with Gasteiger partial charge in [0.2, 0.25) is 0 Å². The summed E-state index contributed by atoms with van der Waals surface area (Å²) < 4.78 is 15.6. The predicted molar refractivity (Wildman–Crippen MR) is 93.9 cm³/mol. The first-order valence-corrected chi connectivity index (χ1v) is 7.82. The first-order chi connectivity index (χ1) is 12.0. The molecule has 2 rings (SSSR count). The van der Waals surface area contributed by atoms with E-state index in [-0.39, 0.29) is 6.61 Å². The number of hydrogen-bond donors (Lipinski definition) is 1. The smallest absolute Gasteiger partial charge is 0.344 e. The molecular formula is C19H21NO5. The van der Waals surface area contributed by atoms with Gasteiger partial charge >= 0.3 is 5.97 Å². The van der Waals surface area contributed by atoms with Crippen molar-refractivity contribution in [3.63, 3.8) is 0 Å². The number of nitrogens with one attached hydrogen (secondary N) is 1. The highest BCUT2D eigenvalue weighted by atomic mass is 16.6. The average Bonchev–Trinajstić information content (AvgIpc) is 2.60. The molecule has 132 valence electrons. The van der Waals surface area contributed by atoms with Gasteiger partial charge in [0.25, 0.3) is 5.91 Å². The lowest BCUT2D eigenvalue weighted by Crippen LogP contribution is -2.31. The highest BCUT2D eigenvalue weighted by Gasteiger charge is 2.19. The number of carbonyl (C=O) groups is 2. The number of ether oxygens (including phenoxy) is 3. The zero-order chi connectivity index (χ0) is 18.2. The van der Waals surface area contributed by atoms with Crippen molar-refractivity contribution in [2.24, 2.45) is 0 Å². The van der Waals surface area contributed by atoms with Crippen LogP contribution in [0.4, 0.5) is 5.69 Å². The van der Waals surface area contributed by atoms with Gasteiger partial charge in [0.05, 0.1) is 12.8 Å². The van der Waals surface area contributed by atoms with Gasteiger partial charge < -0.3 is 19.5 Å². The molecule has 0 unspecified atom stereocenters. The van der Waals surface area contributed by atoms with E-state index in [4.69, 9.17) is 14.2 Å². The van der Waals surface area contributed by atoms with E-state index in [0.29, 0.717) is 17.2 Å². The molecule has 0 radical (unpaired) electrons. The lowest BCUT2D eigenvalue weighted by Gasteiger charge is -2.15. The van der Waals surface area contributed by atoms with Crippen molar-refractivity contribution in [2.45, 2.75) is 20.0 Å². The van der Waals surface area contributed by atoms with Crippen LogP contribution in [-0.4, -0.2) is 31.7 Å². The second-order valence-corrected chi connectivity index (χ2v) is 5.43. The fraction of sp³-hybridized carbons (Fsp3) is 0.263.